The van der Waals surface area contributed by atoms with Gasteiger partial charge in [-0.25, -0.2) is 8.78 Å². The molecule has 0 heterocycles. The third-order valence-corrected chi connectivity index (χ3v) is 4.50. The molecule has 0 fully saturated rings. The van der Waals surface area contributed by atoms with E-state index in [0.717, 1.165) is 5.56 Å². The van der Waals surface area contributed by atoms with Crippen LogP contribution in [0.25, 0.3) is 11.1 Å². The highest BCUT2D eigenvalue weighted by Gasteiger charge is 2.17. The molecule has 0 aromatic heterocycles. The van der Waals surface area contributed by atoms with Crippen molar-refractivity contribution < 1.29 is 8.78 Å². The molecule has 1 atom stereocenters. The average Bonchev–Trinajstić information content (AvgIpc) is 2.44. The molecule has 0 bridgehead atoms. The molecule has 0 saturated carbocycles. The second-order valence-electron chi connectivity index (χ2n) is 4.46. The second kappa shape index (κ2) is 6.20. The molecule has 1 unspecified atom stereocenters. The predicted molar refractivity (Wildman–Crippen MR) is 82.0 cm³/mol. The van der Waals surface area contributed by atoms with Gasteiger partial charge in [-0.15, -0.1) is 0 Å². The zero-order valence-electron chi connectivity index (χ0n) is 11.0. The summed E-state index contributed by atoms with van der Waals surface area (Å²) in [7, 11) is 1.79. The number of hydrogen-bond acceptors (Lipinski definition) is 1. The van der Waals surface area contributed by atoms with E-state index in [-0.39, 0.29) is 16.6 Å². The van der Waals surface area contributed by atoms with E-state index < -0.39 is 11.6 Å². The number of rotatable bonds is 3. The zero-order valence-corrected chi connectivity index (χ0v) is 13.3. The Morgan fingerprint density at radius 2 is 1.85 bits per heavy atom. The standard InChI is InChI=1S/C15H13BrClF2N/c1-8(20-2)10-4-3-9(18)7-12(10)11-5-6-13(16)14(17)15(11)19/h3-8,20H,1-2H3. The molecule has 2 aromatic carbocycles. The quantitative estimate of drug-likeness (QED) is 0.730. The van der Waals surface area contributed by atoms with Crippen molar-refractivity contribution in [2.75, 3.05) is 7.05 Å². The maximum atomic E-state index is 14.3. The minimum absolute atomic E-state index is 0.00479. The van der Waals surface area contributed by atoms with Crippen LogP contribution in [0, 0.1) is 11.6 Å². The largest absolute Gasteiger partial charge is 0.313 e. The molecule has 106 valence electrons. The minimum atomic E-state index is -0.559. The molecule has 0 aliphatic heterocycles. The first kappa shape index (κ1) is 15.4. The molecule has 5 heteroatoms. The van der Waals surface area contributed by atoms with Gasteiger partial charge < -0.3 is 5.32 Å². The molecular formula is C15H13BrClF2N. The maximum absolute atomic E-state index is 14.3. The maximum Gasteiger partial charge on any atom is 0.150 e. The molecule has 0 saturated heterocycles. The van der Waals surface area contributed by atoms with E-state index in [0.29, 0.717) is 10.0 Å². The number of nitrogens with one attached hydrogen (secondary N) is 1. The van der Waals surface area contributed by atoms with E-state index in [1.807, 2.05) is 6.92 Å². The van der Waals surface area contributed by atoms with Crippen LogP contribution in [0.2, 0.25) is 5.02 Å². The van der Waals surface area contributed by atoms with Gasteiger partial charge in [-0.1, -0.05) is 23.7 Å². The van der Waals surface area contributed by atoms with Crippen molar-refractivity contribution in [1.29, 1.82) is 0 Å². The van der Waals surface area contributed by atoms with Crippen molar-refractivity contribution in [2.24, 2.45) is 0 Å². The van der Waals surface area contributed by atoms with Crippen LogP contribution in [0.3, 0.4) is 0 Å². The lowest BCUT2D eigenvalue weighted by atomic mass is 9.95. The highest BCUT2D eigenvalue weighted by molar-refractivity contribution is 9.10. The van der Waals surface area contributed by atoms with Crippen molar-refractivity contribution >= 4 is 27.5 Å². The highest BCUT2D eigenvalue weighted by Crippen LogP contribution is 2.36. The minimum Gasteiger partial charge on any atom is -0.313 e. The monoisotopic (exact) mass is 359 g/mol. The van der Waals surface area contributed by atoms with E-state index in [1.54, 1.807) is 25.2 Å². The third-order valence-electron chi connectivity index (χ3n) is 3.24. The molecule has 2 rings (SSSR count). The summed E-state index contributed by atoms with van der Waals surface area (Å²) in [5.41, 5.74) is 1.60. The lowest BCUT2D eigenvalue weighted by molar-refractivity contribution is 0.615. The van der Waals surface area contributed by atoms with Gasteiger partial charge in [-0.2, -0.15) is 0 Å². The van der Waals surface area contributed by atoms with Gasteiger partial charge in [-0.3, -0.25) is 0 Å². The first-order valence-electron chi connectivity index (χ1n) is 6.06. The van der Waals surface area contributed by atoms with E-state index in [1.165, 1.54) is 12.1 Å². The van der Waals surface area contributed by atoms with E-state index in [9.17, 15) is 8.78 Å². The van der Waals surface area contributed by atoms with E-state index in [2.05, 4.69) is 21.2 Å². The number of benzene rings is 2. The van der Waals surface area contributed by atoms with Crippen molar-refractivity contribution in [2.45, 2.75) is 13.0 Å². The summed E-state index contributed by atoms with van der Waals surface area (Å²) >= 11 is 9.08. The van der Waals surface area contributed by atoms with Gasteiger partial charge in [0.1, 0.15) is 5.82 Å². The first-order chi connectivity index (χ1) is 9.45. The van der Waals surface area contributed by atoms with Crippen molar-refractivity contribution in [1.82, 2.24) is 5.32 Å². The smallest absolute Gasteiger partial charge is 0.150 e. The fraction of sp³-hybridized carbons (Fsp3) is 0.200. The normalized spacial score (nSPS) is 12.5. The van der Waals surface area contributed by atoms with Crippen LogP contribution < -0.4 is 5.32 Å². The molecule has 0 aliphatic rings. The Balaban J connectivity index is 2.69. The van der Waals surface area contributed by atoms with Crippen LogP contribution in [0.5, 0.6) is 0 Å². The molecule has 0 radical (unpaired) electrons. The predicted octanol–water partition coefficient (Wildman–Crippen LogP) is 5.33. The van der Waals surface area contributed by atoms with Crippen LogP contribution in [-0.4, -0.2) is 7.05 Å². The van der Waals surface area contributed by atoms with Crippen molar-refractivity contribution in [3.8, 4) is 11.1 Å². The Hall–Kier alpha value is -0.970. The van der Waals surface area contributed by atoms with Crippen LogP contribution >= 0.6 is 27.5 Å². The molecule has 1 N–H and O–H groups in total. The lowest BCUT2D eigenvalue weighted by Crippen LogP contribution is -2.13. The van der Waals surface area contributed by atoms with Crippen molar-refractivity contribution in [3.63, 3.8) is 0 Å². The Morgan fingerprint density at radius 3 is 2.50 bits per heavy atom. The van der Waals surface area contributed by atoms with Gasteiger partial charge in [0.2, 0.25) is 0 Å². The topological polar surface area (TPSA) is 12.0 Å². The molecule has 0 spiro atoms. The Kier molecular flexibility index (Phi) is 4.78. The molecule has 0 amide bonds. The van der Waals surface area contributed by atoms with Gasteiger partial charge >= 0.3 is 0 Å². The summed E-state index contributed by atoms with van der Waals surface area (Å²) < 4.78 is 28.3. The molecular weight excluding hydrogens is 348 g/mol. The van der Waals surface area contributed by atoms with Crippen LogP contribution in [0.1, 0.15) is 18.5 Å². The summed E-state index contributed by atoms with van der Waals surface area (Å²) in [4.78, 5) is 0. The average molecular weight is 361 g/mol. The Bertz CT molecular complexity index is 646. The second-order valence-corrected chi connectivity index (χ2v) is 5.70. The molecule has 0 aliphatic carbocycles. The lowest BCUT2D eigenvalue weighted by Gasteiger charge is -2.17. The van der Waals surface area contributed by atoms with Crippen LogP contribution in [0.4, 0.5) is 8.78 Å². The molecule has 20 heavy (non-hydrogen) atoms. The highest BCUT2D eigenvalue weighted by atomic mass is 79.9. The van der Waals surface area contributed by atoms with Gasteiger partial charge in [0.25, 0.3) is 0 Å². The summed E-state index contributed by atoms with van der Waals surface area (Å²) in [6, 6.07) is 7.55. The number of hydrogen-bond donors (Lipinski definition) is 1. The van der Waals surface area contributed by atoms with Gasteiger partial charge in [0.15, 0.2) is 5.82 Å². The summed E-state index contributed by atoms with van der Waals surface area (Å²) in [5.74, 6) is -0.971. The molecule has 1 nitrogen and oxygen atoms in total. The SMILES string of the molecule is CNC(C)c1ccc(F)cc1-c1ccc(Br)c(Cl)c1F. The summed E-state index contributed by atoms with van der Waals surface area (Å²) in [6.45, 7) is 1.93. The van der Waals surface area contributed by atoms with E-state index in [4.69, 9.17) is 11.6 Å². The number of halogens is 4. The van der Waals surface area contributed by atoms with Gasteiger partial charge in [-0.05, 0) is 59.2 Å². The van der Waals surface area contributed by atoms with Crippen LogP contribution in [0.15, 0.2) is 34.8 Å². The summed E-state index contributed by atoms with van der Waals surface area (Å²) in [6.07, 6.45) is 0. The third kappa shape index (κ3) is 2.87. The Morgan fingerprint density at radius 1 is 1.15 bits per heavy atom. The van der Waals surface area contributed by atoms with Gasteiger partial charge in [0.05, 0.1) is 5.02 Å². The van der Waals surface area contributed by atoms with Gasteiger partial charge in [0, 0.05) is 16.1 Å². The first-order valence-corrected chi connectivity index (χ1v) is 7.23. The van der Waals surface area contributed by atoms with Crippen molar-refractivity contribution in [3.05, 3.63) is 57.0 Å². The Labute approximate surface area is 130 Å². The fourth-order valence-corrected chi connectivity index (χ4v) is 2.50. The van der Waals surface area contributed by atoms with Crippen LogP contribution in [-0.2, 0) is 0 Å². The van der Waals surface area contributed by atoms with E-state index >= 15 is 0 Å². The zero-order chi connectivity index (χ0) is 14.9. The fourth-order valence-electron chi connectivity index (χ4n) is 2.03. The molecule has 2 aromatic rings. The summed E-state index contributed by atoms with van der Waals surface area (Å²) in [5, 5.41) is 3.06.